The van der Waals surface area contributed by atoms with Crippen LogP contribution in [0.1, 0.15) is 15.9 Å². The number of methoxy groups -OCH3 is 1. The third kappa shape index (κ3) is 3.33. The summed E-state index contributed by atoms with van der Waals surface area (Å²) in [7, 11) is 1.41. The van der Waals surface area contributed by atoms with Gasteiger partial charge in [-0.25, -0.2) is 4.79 Å². The van der Waals surface area contributed by atoms with E-state index < -0.39 is 23.3 Å². The van der Waals surface area contributed by atoms with E-state index in [4.69, 9.17) is 21.4 Å². The summed E-state index contributed by atoms with van der Waals surface area (Å²) in [5, 5.41) is 9.19. The molecular weight excluding hydrogens is 321 g/mol. The molecular formula is C15H10ClF3O3. The van der Waals surface area contributed by atoms with Crippen molar-refractivity contribution >= 4 is 17.6 Å². The van der Waals surface area contributed by atoms with Crippen LogP contribution in [0.3, 0.4) is 0 Å². The average Bonchev–Trinajstić information content (AvgIpc) is 2.45. The van der Waals surface area contributed by atoms with Gasteiger partial charge in [0.15, 0.2) is 0 Å². The van der Waals surface area contributed by atoms with Gasteiger partial charge in [0.05, 0.1) is 23.3 Å². The zero-order valence-electron chi connectivity index (χ0n) is 11.2. The van der Waals surface area contributed by atoms with Crippen molar-refractivity contribution in [2.24, 2.45) is 0 Å². The lowest BCUT2D eigenvalue weighted by Gasteiger charge is -2.12. The summed E-state index contributed by atoms with van der Waals surface area (Å²) >= 11 is 5.95. The number of hydrogen-bond acceptors (Lipinski definition) is 2. The van der Waals surface area contributed by atoms with Gasteiger partial charge in [-0.3, -0.25) is 0 Å². The lowest BCUT2D eigenvalue weighted by Crippen LogP contribution is -2.08. The van der Waals surface area contributed by atoms with Gasteiger partial charge in [0.25, 0.3) is 0 Å². The number of ether oxygens (including phenoxy) is 1. The highest BCUT2D eigenvalue weighted by atomic mass is 35.5. The predicted molar refractivity (Wildman–Crippen MR) is 75.4 cm³/mol. The molecule has 0 unspecified atom stereocenters. The van der Waals surface area contributed by atoms with E-state index in [0.717, 1.165) is 12.1 Å². The maximum atomic E-state index is 12.9. The Morgan fingerprint density at radius 3 is 2.32 bits per heavy atom. The van der Waals surface area contributed by atoms with E-state index in [9.17, 15) is 18.0 Å². The molecule has 0 aliphatic heterocycles. The zero-order chi connectivity index (χ0) is 16.5. The molecule has 3 nitrogen and oxygen atoms in total. The number of halogens is 4. The molecule has 0 bridgehead atoms. The Bertz CT molecular complexity index is 726. The van der Waals surface area contributed by atoms with Crippen molar-refractivity contribution in [3.8, 4) is 16.9 Å². The number of carbonyl (C=O) groups is 1. The second-order valence-electron chi connectivity index (χ2n) is 4.45. The van der Waals surface area contributed by atoms with Crippen LogP contribution in [0.4, 0.5) is 13.2 Å². The summed E-state index contributed by atoms with van der Waals surface area (Å²) in [6, 6.07) is 7.06. The molecule has 0 spiro atoms. The topological polar surface area (TPSA) is 46.5 Å². The van der Waals surface area contributed by atoms with Gasteiger partial charge < -0.3 is 9.84 Å². The summed E-state index contributed by atoms with van der Waals surface area (Å²) in [4.78, 5) is 11.0. The monoisotopic (exact) mass is 330 g/mol. The quantitative estimate of drug-likeness (QED) is 0.884. The fourth-order valence-electron chi connectivity index (χ4n) is 1.93. The standard InChI is InChI=1S/C15H10ClF3O3/c1-22-13-3-2-8(7-12(13)16)9-4-10(14(20)21)6-11(5-9)15(17,18)19/h2-7H,1H3,(H,20,21). The van der Waals surface area contributed by atoms with Crippen LogP contribution in [-0.4, -0.2) is 18.2 Å². The molecule has 0 saturated heterocycles. The van der Waals surface area contributed by atoms with Crippen LogP contribution in [-0.2, 0) is 6.18 Å². The Morgan fingerprint density at radius 1 is 1.14 bits per heavy atom. The molecule has 1 N–H and O–H groups in total. The highest BCUT2D eigenvalue weighted by Gasteiger charge is 2.32. The average molecular weight is 331 g/mol. The Kier molecular flexibility index (Phi) is 4.32. The van der Waals surface area contributed by atoms with E-state index in [1.165, 1.54) is 25.3 Å². The van der Waals surface area contributed by atoms with E-state index in [2.05, 4.69) is 0 Å². The molecule has 7 heteroatoms. The first kappa shape index (κ1) is 16.2. The van der Waals surface area contributed by atoms with Gasteiger partial charge in [-0.1, -0.05) is 17.7 Å². The minimum atomic E-state index is -4.64. The summed E-state index contributed by atoms with van der Waals surface area (Å²) < 4.78 is 43.6. The lowest BCUT2D eigenvalue weighted by molar-refractivity contribution is -0.137. The van der Waals surface area contributed by atoms with Crippen molar-refractivity contribution in [3.63, 3.8) is 0 Å². The summed E-state index contributed by atoms with van der Waals surface area (Å²) in [6.45, 7) is 0. The minimum absolute atomic E-state index is 0.108. The molecule has 22 heavy (non-hydrogen) atoms. The largest absolute Gasteiger partial charge is 0.495 e. The number of carboxylic acid groups (broad SMARTS) is 1. The molecule has 2 rings (SSSR count). The molecule has 0 saturated carbocycles. The second-order valence-corrected chi connectivity index (χ2v) is 4.86. The molecule has 0 fully saturated rings. The first-order valence-corrected chi connectivity index (χ1v) is 6.39. The van der Waals surface area contributed by atoms with Crippen LogP contribution in [0, 0.1) is 0 Å². The van der Waals surface area contributed by atoms with Gasteiger partial charge in [0, 0.05) is 0 Å². The first-order chi connectivity index (χ1) is 10.2. The number of carboxylic acids is 1. The van der Waals surface area contributed by atoms with Crippen LogP contribution in [0.2, 0.25) is 5.02 Å². The van der Waals surface area contributed by atoms with Crippen molar-refractivity contribution in [3.05, 3.63) is 52.5 Å². The Morgan fingerprint density at radius 2 is 1.82 bits per heavy atom. The van der Waals surface area contributed by atoms with Crippen molar-refractivity contribution in [2.45, 2.75) is 6.18 Å². The fourth-order valence-corrected chi connectivity index (χ4v) is 2.19. The van der Waals surface area contributed by atoms with Gasteiger partial charge in [0.2, 0.25) is 0 Å². The van der Waals surface area contributed by atoms with Gasteiger partial charge in [-0.2, -0.15) is 13.2 Å². The number of rotatable bonds is 3. The fraction of sp³-hybridized carbons (Fsp3) is 0.133. The molecule has 0 aliphatic carbocycles. The molecule has 0 aromatic heterocycles. The Hall–Kier alpha value is -2.21. The van der Waals surface area contributed by atoms with Crippen molar-refractivity contribution < 1.29 is 27.8 Å². The van der Waals surface area contributed by atoms with Gasteiger partial charge >= 0.3 is 12.1 Å². The summed E-state index contributed by atoms with van der Waals surface area (Å²) in [5.74, 6) is -1.07. The van der Waals surface area contributed by atoms with Crippen molar-refractivity contribution in [2.75, 3.05) is 7.11 Å². The second kappa shape index (κ2) is 5.88. The summed E-state index contributed by atoms with van der Waals surface area (Å²) in [6.07, 6.45) is -4.64. The normalized spacial score (nSPS) is 11.3. The SMILES string of the molecule is COc1ccc(-c2cc(C(=O)O)cc(C(F)(F)F)c2)cc1Cl. The van der Waals surface area contributed by atoms with Crippen LogP contribution in [0.5, 0.6) is 5.75 Å². The zero-order valence-corrected chi connectivity index (χ0v) is 12.0. The number of hydrogen-bond donors (Lipinski definition) is 1. The first-order valence-electron chi connectivity index (χ1n) is 6.02. The maximum Gasteiger partial charge on any atom is 0.416 e. The number of aromatic carboxylic acids is 1. The van der Waals surface area contributed by atoms with Gasteiger partial charge in [0.1, 0.15) is 5.75 Å². The Labute approximate surface area is 128 Å². The van der Waals surface area contributed by atoms with Crippen molar-refractivity contribution in [1.29, 1.82) is 0 Å². The molecule has 0 amide bonds. The van der Waals surface area contributed by atoms with Crippen LogP contribution in [0.25, 0.3) is 11.1 Å². The van der Waals surface area contributed by atoms with E-state index in [1.807, 2.05) is 0 Å². The van der Waals surface area contributed by atoms with E-state index >= 15 is 0 Å². The van der Waals surface area contributed by atoms with E-state index in [0.29, 0.717) is 17.4 Å². The molecule has 2 aromatic rings. The third-order valence-electron chi connectivity index (χ3n) is 2.99. The summed E-state index contributed by atoms with van der Waals surface area (Å²) in [5.41, 5.74) is -1.01. The highest BCUT2D eigenvalue weighted by molar-refractivity contribution is 6.32. The van der Waals surface area contributed by atoms with Gasteiger partial charge in [-0.15, -0.1) is 0 Å². The Balaban J connectivity index is 2.61. The lowest BCUT2D eigenvalue weighted by atomic mass is 9.99. The smallest absolute Gasteiger partial charge is 0.416 e. The molecule has 2 aromatic carbocycles. The predicted octanol–water partition coefficient (Wildman–Crippen LogP) is 4.73. The molecule has 0 aliphatic rings. The molecule has 116 valence electrons. The molecule has 0 heterocycles. The highest BCUT2D eigenvalue weighted by Crippen LogP contribution is 2.35. The minimum Gasteiger partial charge on any atom is -0.495 e. The van der Waals surface area contributed by atoms with E-state index in [1.54, 1.807) is 0 Å². The molecule has 0 atom stereocenters. The van der Waals surface area contributed by atoms with Crippen LogP contribution >= 0.6 is 11.6 Å². The number of benzene rings is 2. The maximum absolute atomic E-state index is 12.9. The van der Waals surface area contributed by atoms with E-state index in [-0.39, 0.29) is 10.6 Å². The third-order valence-corrected chi connectivity index (χ3v) is 3.29. The van der Waals surface area contributed by atoms with Crippen LogP contribution in [0.15, 0.2) is 36.4 Å². The van der Waals surface area contributed by atoms with Gasteiger partial charge in [-0.05, 0) is 41.5 Å². The van der Waals surface area contributed by atoms with Crippen LogP contribution < -0.4 is 4.74 Å². The number of alkyl halides is 3. The molecule has 0 radical (unpaired) electrons. The van der Waals surface area contributed by atoms with Crippen molar-refractivity contribution in [1.82, 2.24) is 0 Å².